The lowest BCUT2D eigenvalue weighted by atomic mass is 9.97. The Labute approximate surface area is 120 Å². The molecule has 1 amide bonds. The second kappa shape index (κ2) is 5.54. The Bertz CT molecular complexity index is 469. The normalized spacial score (nSPS) is 30.4. The standard InChI is InChI=1S/C16H22N2O2/c1-16(8-5-9-17-16)15(19)18-10-11-20-14(12-18)13-6-3-2-4-7-13/h2-4,6-7,14,17H,5,8-12H2,1H3. The SMILES string of the molecule is CC1(C(=O)N2CCOC(c3ccccc3)C2)CCCN1. The summed E-state index contributed by atoms with van der Waals surface area (Å²) in [5.74, 6) is 0.222. The largest absolute Gasteiger partial charge is 0.370 e. The molecule has 4 heteroatoms. The van der Waals surface area contributed by atoms with Gasteiger partial charge in [0, 0.05) is 6.54 Å². The van der Waals surface area contributed by atoms with E-state index in [0.717, 1.165) is 24.9 Å². The maximum atomic E-state index is 12.7. The maximum absolute atomic E-state index is 12.7. The summed E-state index contributed by atoms with van der Waals surface area (Å²) in [5, 5.41) is 3.35. The molecule has 0 radical (unpaired) electrons. The number of nitrogens with zero attached hydrogens (tertiary/aromatic N) is 1. The van der Waals surface area contributed by atoms with E-state index in [2.05, 4.69) is 17.4 Å². The number of hydrogen-bond acceptors (Lipinski definition) is 3. The molecule has 2 aliphatic heterocycles. The van der Waals surface area contributed by atoms with E-state index in [-0.39, 0.29) is 17.6 Å². The first-order valence-corrected chi connectivity index (χ1v) is 7.40. The molecule has 0 spiro atoms. The van der Waals surface area contributed by atoms with Gasteiger partial charge in [-0.15, -0.1) is 0 Å². The van der Waals surface area contributed by atoms with Gasteiger partial charge in [0.1, 0.15) is 6.10 Å². The van der Waals surface area contributed by atoms with Crippen LogP contribution in [-0.2, 0) is 9.53 Å². The van der Waals surface area contributed by atoms with Crippen molar-refractivity contribution in [2.45, 2.75) is 31.4 Å². The summed E-state index contributed by atoms with van der Waals surface area (Å²) >= 11 is 0. The van der Waals surface area contributed by atoms with Crippen LogP contribution in [0.15, 0.2) is 30.3 Å². The fraction of sp³-hybridized carbons (Fsp3) is 0.562. The van der Waals surface area contributed by atoms with Gasteiger partial charge in [-0.3, -0.25) is 4.79 Å². The van der Waals surface area contributed by atoms with E-state index < -0.39 is 0 Å². The minimum absolute atomic E-state index is 0.00102. The molecule has 20 heavy (non-hydrogen) atoms. The van der Waals surface area contributed by atoms with Crippen LogP contribution in [0.2, 0.25) is 0 Å². The summed E-state index contributed by atoms with van der Waals surface area (Å²) < 4.78 is 5.83. The van der Waals surface area contributed by atoms with Crippen LogP contribution in [0.5, 0.6) is 0 Å². The third kappa shape index (κ3) is 2.58. The zero-order valence-electron chi connectivity index (χ0n) is 12.0. The fourth-order valence-electron chi connectivity index (χ4n) is 3.13. The lowest BCUT2D eigenvalue weighted by Crippen LogP contribution is -2.55. The molecule has 1 aromatic carbocycles. The number of rotatable bonds is 2. The molecule has 1 N–H and O–H groups in total. The van der Waals surface area contributed by atoms with Crippen LogP contribution in [0.1, 0.15) is 31.4 Å². The number of hydrogen-bond donors (Lipinski definition) is 1. The van der Waals surface area contributed by atoms with Gasteiger partial charge in [0.05, 0.1) is 18.7 Å². The second-order valence-corrected chi connectivity index (χ2v) is 5.88. The molecular formula is C16H22N2O2. The van der Waals surface area contributed by atoms with Crippen molar-refractivity contribution in [1.82, 2.24) is 10.2 Å². The average Bonchev–Trinajstić information content (AvgIpc) is 2.96. The van der Waals surface area contributed by atoms with E-state index >= 15 is 0 Å². The Hall–Kier alpha value is -1.39. The first-order valence-electron chi connectivity index (χ1n) is 7.40. The van der Waals surface area contributed by atoms with Crippen LogP contribution in [0.3, 0.4) is 0 Å². The molecule has 2 unspecified atom stereocenters. The quantitative estimate of drug-likeness (QED) is 0.893. The molecule has 108 valence electrons. The van der Waals surface area contributed by atoms with Gasteiger partial charge in [-0.05, 0) is 31.9 Å². The lowest BCUT2D eigenvalue weighted by Gasteiger charge is -2.37. The lowest BCUT2D eigenvalue weighted by molar-refractivity contribution is -0.145. The molecular weight excluding hydrogens is 252 g/mol. The van der Waals surface area contributed by atoms with E-state index in [4.69, 9.17) is 4.74 Å². The van der Waals surface area contributed by atoms with E-state index in [9.17, 15) is 4.79 Å². The Morgan fingerprint density at radius 2 is 2.20 bits per heavy atom. The monoisotopic (exact) mass is 274 g/mol. The molecule has 2 fully saturated rings. The summed E-state index contributed by atoms with van der Waals surface area (Å²) in [7, 11) is 0. The van der Waals surface area contributed by atoms with Crippen molar-refractivity contribution in [3.05, 3.63) is 35.9 Å². The van der Waals surface area contributed by atoms with E-state index in [1.807, 2.05) is 30.0 Å². The molecule has 2 aliphatic rings. The number of carbonyl (C=O) groups excluding carboxylic acids is 1. The number of ether oxygens (including phenoxy) is 1. The van der Waals surface area contributed by atoms with Crippen LogP contribution in [0.4, 0.5) is 0 Å². The molecule has 2 heterocycles. The Morgan fingerprint density at radius 1 is 1.40 bits per heavy atom. The van der Waals surface area contributed by atoms with Crippen LogP contribution >= 0.6 is 0 Å². The van der Waals surface area contributed by atoms with E-state index in [1.165, 1.54) is 0 Å². The molecule has 3 rings (SSSR count). The number of nitrogens with one attached hydrogen (secondary N) is 1. The molecule has 2 saturated heterocycles. The minimum Gasteiger partial charge on any atom is -0.370 e. The van der Waals surface area contributed by atoms with Gasteiger partial charge in [-0.25, -0.2) is 0 Å². The second-order valence-electron chi connectivity index (χ2n) is 5.88. The highest BCUT2D eigenvalue weighted by Gasteiger charge is 2.40. The molecule has 1 aromatic rings. The van der Waals surface area contributed by atoms with Crippen molar-refractivity contribution in [1.29, 1.82) is 0 Å². The topological polar surface area (TPSA) is 41.6 Å². The summed E-state index contributed by atoms with van der Waals surface area (Å²) in [6.07, 6.45) is 2.01. The molecule has 0 saturated carbocycles. The van der Waals surface area contributed by atoms with Crippen LogP contribution < -0.4 is 5.32 Å². The van der Waals surface area contributed by atoms with Crippen LogP contribution in [0, 0.1) is 0 Å². The van der Waals surface area contributed by atoms with Gasteiger partial charge >= 0.3 is 0 Å². The Morgan fingerprint density at radius 3 is 2.90 bits per heavy atom. The van der Waals surface area contributed by atoms with Crippen molar-refractivity contribution < 1.29 is 9.53 Å². The van der Waals surface area contributed by atoms with Gasteiger partial charge in [0.2, 0.25) is 5.91 Å². The predicted molar refractivity (Wildman–Crippen MR) is 77.4 cm³/mol. The van der Waals surface area contributed by atoms with Crippen molar-refractivity contribution in [2.24, 2.45) is 0 Å². The van der Waals surface area contributed by atoms with Crippen molar-refractivity contribution in [2.75, 3.05) is 26.2 Å². The third-order valence-electron chi connectivity index (χ3n) is 4.37. The molecule has 2 atom stereocenters. The summed E-state index contributed by atoms with van der Waals surface area (Å²) in [6, 6.07) is 10.2. The highest BCUT2D eigenvalue weighted by atomic mass is 16.5. The van der Waals surface area contributed by atoms with Crippen LogP contribution in [-0.4, -0.2) is 42.6 Å². The zero-order chi connectivity index (χ0) is 14.0. The summed E-state index contributed by atoms with van der Waals surface area (Å²) in [4.78, 5) is 14.7. The third-order valence-corrected chi connectivity index (χ3v) is 4.37. The Kier molecular flexibility index (Phi) is 3.76. The summed E-state index contributed by atoms with van der Waals surface area (Å²) in [6.45, 7) is 4.92. The molecule has 0 bridgehead atoms. The average molecular weight is 274 g/mol. The molecule has 4 nitrogen and oxygen atoms in total. The highest BCUT2D eigenvalue weighted by Crippen LogP contribution is 2.26. The molecule has 0 aromatic heterocycles. The van der Waals surface area contributed by atoms with Gasteiger partial charge in [-0.2, -0.15) is 0 Å². The number of benzene rings is 1. The number of amides is 1. The van der Waals surface area contributed by atoms with Crippen molar-refractivity contribution >= 4 is 5.91 Å². The minimum atomic E-state index is -0.376. The first kappa shape index (κ1) is 13.6. The van der Waals surface area contributed by atoms with E-state index in [0.29, 0.717) is 19.7 Å². The Balaban J connectivity index is 1.70. The van der Waals surface area contributed by atoms with Crippen molar-refractivity contribution in [3.63, 3.8) is 0 Å². The smallest absolute Gasteiger partial charge is 0.242 e. The van der Waals surface area contributed by atoms with Crippen molar-refractivity contribution in [3.8, 4) is 0 Å². The molecule has 0 aliphatic carbocycles. The van der Waals surface area contributed by atoms with Gasteiger partial charge in [-0.1, -0.05) is 30.3 Å². The first-order chi connectivity index (χ1) is 9.69. The van der Waals surface area contributed by atoms with Gasteiger partial charge in [0.15, 0.2) is 0 Å². The fourth-order valence-corrected chi connectivity index (χ4v) is 3.13. The highest BCUT2D eigenvalue weighted by molar-refractivity contribution is 5.86. The maximum Gasteiger partial charge on any atom is 0.242 e. The van der Waals surface area contributed by atoms with Gasteiger partial charge < -0.3 is 15.0 Å². The van der Waals surface area contributed by atoms with Crippen LogP contribution in [0.25, 0.3) is 0 Å². The van der Waals surface area contributed by atoms with E-state index in [1.54, 1.807) is 0 Å². The predicted octanol–water partition coefficient (Wildman–Crippen LogP) is 1.73. The number of carbonyl (C=O) groups is 1. The number of morpholine rings is 1. The summed E-state index contributed by atoms with van der Waals surface area (Å²) in [5.41, 5.74) is 0.771. The zero-order valence-corrected chi connectivity index (χ0v) is 12.0. The van der Waals surface area contributed by atoms with Gasteiger partial charge in [0.25, 0.3) is 0 Å².